The smallest absolute Gasteiger partial charge is 0.161 e. The van der Waals surface area contributed by atoms with Gasteiger partial charge in [-0.2, -0.15) is 0 Å². The molecule has 0 aliphatic heterocycles. The van der Waals surface area contributed by atoms with Crippen molar-refractivity contribution in [3.63, 3.8) is 0 Å². The summed E-state index contributed by atoms with van der Waals surface area (Å²) in [7, 11) is 0. The van der Waals surface area contributed by atoms with Gasteiger partial charge in [0, 0.05) is 24.8 Å². The van der Waals surface area contributed by atoms with Crippen LogP contribution < -0.4 is 0 Å². The fourth-order valence-electron chi connectivity index (χ4n) is 0.814. The van der Waals surface area contributed by atoms with Crippen molar-refractivity contribution in [1.29, 1.82) is 0 Å². The molecule has 0 fully saturated rings. The molecule has 0 bridgehead atoms. The van der Waals surface area contributed by atoms with E-state index >= 15 is 0 Å². The number of nitrogens with zero attached hydrogens (tertiary/aromatic N) is 4. The van der Waals surface area contributed by atoms with Crippen molar-refractivity contribution in [2.75, 3.05) is 0 Å². The Kier molecular flexibility index (Phi) is 2.90. The molecule has 0 amide bonds. The lowest BCUT2D eigenvalue weighted by Gasteiger charge is -1.99. The highest BCUT2D eigenvalue weighted by molar-refractivity contribution is 7.99. The van der Waals surface area contributed by atoms with Gasteiger partial charge in [0.15, 0.2) is 5.15 Å². The minimum Gasteiger partial charge on any atom is -0.260 e. The molecule has 6 heteroatoms. The van der Waals surface area contributed by atoms with Crippen LogP contribution in [-0.2, 0) is 0 Å². The van der Waals surface area contributed by atoms with E-state index in [0.717, 1.165) is 5.03 Å². The van der Waals surface area contributed by atoms with E-state index < -0.39 is 0 Å². The topological polar surface area (TPSA) is 51.6 Å². The van der Waals surface area contributed by atoms with E-state index in [1.807, 2.05) is 0 Å². The molecule has 0 saturated heterocycles. The van der Waals surface area contributed by atoms with Gasteiger partial charge >= 0.3 is 0 Å². The van der Waals surface area contributed by atoms with E-state index in [1.165, 1.54) is 11.8 Å². The summed E-state index contributed by atoms with van der Waals surface area (Å²) >= 11 is 7.17. The van der Waals surface area contributed by atoms with E-state index in [1.54, 1.807) is 31.0 Å². The molecule has 0 N–H and O–H groups in total. The minimum atomic E-state index is 0.378. The van der Waals surface area contributed by atoms with E-state index in [0.29, 0.717) is 10.2 Å². The minimum absolute atomic E-state index is 0.378. The zero-order valence-corrected chi connectivity index (χ0v) is 8.53. The van der Waals surface area contributed by atoms with Gasteiger partial charge in [-0.1, -0.05) is 11.6 Å². The van der Waals surface area contributed by atoms with Gasteiger partial charge in [0.05, 0.1) is 6.20 Å². The Hall–Kier alpha value is -1.20. The predicted molar refractivity (Wildman–Crippen MR) is 53.2 cm³/mol. The average molecular weight is 225 g/mol. The van der Waals surface area contributed by atoms with Gasteiger partial charge in [0.1, 0.15) is 10.1 Å². The number of halogens is 1. The Labute approximate surface area is 89.8 Å². The molecule has 2 aromatic heterocycles. The van der Waals surface area contributed by atoms with E-state index in [2.05, 4.69) is 19.9 Å². The van der Waals surface area contributed by atoms with Gasteiger partial charge in [-0.25, -0.2) is 15.0 Å². The predicted octanol–water partition coefficient (Wildman–Crippen LogP) is 2.07. The summed E-state index contributed by atoms with van der Waals surface area (Å²) in [6.45, 7) is 0. The van der Waals surface area contributed by atoms with Crippen molar-refractivity contribution in [2.45, 2.75) is 10.1 Å². The largest absolute Gasteiger partial charge is 0.260 e. The summed E-state index contributed by atoms with van der Waals surface area (Å²) in [6.07, 6.45) is 8.01. The van der Waals surface area contributed by atoms with Crippen LogP contribution in [-0.4, -0.2) is 19.9 Å². The average Bonchev–Trinajstić information content (AvgIpc) is 2.23. The second kappa shape index (κ2) is 4.34. The Morgan fingerprint density at radius 2 is 1.79 bits per heavy atom. The molecule has 2 rings (SSSR count). The molecule has 0 unspecified atom stereocenters. The second-order valence-electron chi connectivity index (χ2n) is 2.30. The Morgan fingerprint density at radius 1 is 1.00 bits per heavy atom. The molecule has 0 atom stereocenters. The van der Waals surface area contributed by atoms with Gasteiger partial charge in [-0.05, 0) is 11.8 Å². The maximum atomic E-state index is 5.83. The lowest BCUT2D eigenvalue weighted by molar-refractivity contribution is 1.02. The first-order valence-corrected chi connectivity index (χ1v) is 4.96. The summed E-state index contributed by atoms with van der Waals surface area (Å²) < 4.78 is 0. The molecule has 0 spiro atoms. The van der Waals surface area contributed by atoms with Crippen LogP contribution >= 0.6 is 23.4 Å². The molecular formula is C8H5ClN4S. The van der Waals surface area contributed by atoms with Crippen molar-refractivity contribution in [3.05, 3.63) is 36.1 Å². The van der Waals surface area contributed by atoms with Crippen LogP contribution in [0.15, 0.2) is 41.0 Å². The number of hydrogen-bond acceptors (Lipinski definition) is 5. The molecule has 4 nitrogen and oxygen atoms in total. The van der Waals surface area contributed by atoms with Gasteiger partial charge in [-0.15, -0.1) is 0 Å². The lowest BCUT2D eigenvalue weighted by Crippen LogP contribution is -1.86. The number of rotatable bonds is 2. The Morgan fingerprint density at radius 3 is 2.50 bits per heavy atom. The molecule has 2 aromatic rings. The fraction of sp³-hybridized carbons (Fsp3) is 0. The third-order valence-corrected chi connectivity index (χ3v) is 2.66. The highest BCUT2D eigenvalue weighted by atomic mass is 35.5. The maximum Gasteiger partial charge on any atom is 0.161 e. The quantitative estimate of drug-likeness (QED) is 0.782. The van der Waals surface area contributed by atoms with Crippen LogP contribution in [0.3, 0.4) is 0 Å². The molecule has 2 heterocycles. The first-order chi connectivity index (χ1) is 6.86. The van der Waals surface area contributed by atoms with Crippen molar-refractivity contribution in [3.8, 4) is 0 Å². The summed E-state index contributed by atoms with van der Waals surface area (Å²) in [5.74, 6) is 0. The summed E-state index contributed by atoms with van der Waals surface area (Å²) in [6, 6.07) is 0. The van der Waals surface area contributed by atoms with Crippen LogP contribution in [0.2, 0.25) is 5.15 Å². The first-order valence-electron chi connectivity index (χ1n) is 3.76. The molecule has 0 radical (unpaired) electrons. The molecule has 0 aromatic carbocycles. The monoisotopic (exact) mass is 224 g/mol. The standard InChI is InChI=1S/C8H5ClN4S/c9-7-8(13-4-3-12-7)14-6-5-10-1-2-11-6/h1-5H. The zero-order valence-electron chi connectivity index (χ0n) is 6.96. The van der Waals surface area contributed by atoms with Crippen molar-refractivity contribution < 1.29 is 0 Å². The van der Waals surface area contributed by atoms with Crippen LogP contribution in [0, 0.1) is 0 Å². The fourth-order valence-corrected chi connectivity index (χ4v) is 1.71. The lowest BCUT2D eigenvalue weighted by atomic mass is 10.8. The molecule has 0 saturated carbocycles. The molecule has 70 valence electrons. The van der Waals surface area contributed by atoms with E-state index in [-0.39, 0.29) is 0 Å². The third-order valence-electron chi connectivity index (χ3n) is 1.36. The SMILES string of the molecule is Clc1nccnc1Sc1cnccn1. The normalized spacial score (nSPS) is 10.1. The van der Waals surface area contributed by atoms with Crippen LogP contribution in [0.1, 0.15) is 0 Å². The van der Waals surface area contributed by atoms with E-state index in [4.69, 9.17) is 11.6 Å². The van der Waals surface area contributed by atoms with Gasteiger partial charge in [0.2, 0.25) is 0 Å². The van der Waals surface area contributed by atoms with Crippen molar-refractivity contribution in [2.24, 2.45) is 0 Å². The van der Waals surface area contributed by atoms with Gasteiger partial charge in [0.25, 0.3) is 0 Å². The van der Waals surface area contributed by atoms with Crippen LogP contribution in [0.4, 0.5) is 0 Å². The molecule has 0 aliphatic carbocycles. The van der Waals surface area contributed by atoms with Gasteiger partial charge < -0.3 is 0 Å². The highest BCUT2D eigenvalue weighted by Gasteiger charge is 2.04. The summed E-state index contributed by atoms with van der Waals surface area (Å²) in [5, 5.41) is 1.76. The van der Waals surface area contributed by atoms with E-state index in [9.17, 15) is 0 Å². The number of hydrogen-bond donors (Lipinski definition) is 0. The molecule has 14 heavy (non-hydrogen) atoms. The maximum absolute atomic E-state index is 5.83. The summed E-state index contributed by atoms with van der Waals surface area (Å²) in [5.41, 5.74) is 0. The molecular weight excluding hydrogens is 220 g/mol. The van der Waals surface area contributed by atoms with Crippen LogP contribution in [0.25, 0.3) is 0 Å². The second-order valence-corrected chi connectivity index (χ2v) is 3.67. The van der Waals surface area contributed by atoms with Gasteiger partial charge in [-0.3, -0.25) is 4.98 Å². The molecule has 0 aliphatic rings. The Balaban J connectivity index is 2.24. The zero-order chi connectivity index (χ0) is 9.80. The Bertz CT molecular complexity index is 423. The first kappa shape index (κ1) is 9.36. The highest BCUT2D eigenvalue weighted by Crippen LogP contribution is 2.27. The number of aromatic nitrogens is 4. The van der Waals surface area contributed by atoms with Crippen molar-refractivity contribution >= 4 is 23.4 Å². The van der Waals surface area contributed by atoms with Crippen LogP contribution in [0.5, 0.6) is 0 Å². The summed E-state index contributed by atoms with van der Waals surface area (Å²) in [4.78, 5) is 16.0. The third kappa shape index (κ3) is 2.18. The van der Waals surface area contributed by atoms with Crippen molar-refractivity contribution in [1.82, 2.24) is 19.9 Å².